The number of aryl methyl sites for hydroxylation is 2. The first-order valence-electron chi connectivity index (χ1n) is 7.02. The molecular weight excluding hydrogens is 268 g/mol. The molecule has 0 aliphatic carbocycles. The number of ether oxygens (including phenoxy) is 1. The molecule has 0 bridgehead atoms. The summed E-state index contributed by atoms with van der Waals surface area (Å²) in [5.41, 5.74) is 3.60. The van der Waals surface area contributed by atoms with Gasteiger partial charge < -0.3 is 10.1 Å². The van der Waals surface area contributed by atoms with Crippen LogP contribution in [0.25, 0.3) is 0 Å². The number of nitrogens with one attached hydrogen (secondary N) is 1. The van der Waals surface area contributed by atoms with E-state index in [2.05, 4.69) is 54.7 Å². The molecule has 0 amide bonds. The molecule has 0 spiro atoms. The number of nitrogens with zero attached hydrogens (tertiary/aromatic N) is 1. The quantitative estimate of drug-likeness (QED) is 0.847. The smallest absolute Gasteiger partial charge is 0.119 e. The van der Waals surface area contributed by atoms with Gasteiger partial charge in [-0.05, 0) is 43.7 Å². The highest BCUT2D eigenvalue weighted by molar-refractivity contribution is 7.09. The van der Waals surface area contributed by atoms with E-state index in [0.717, 1.165) is 36.0 Å². The second kappa shape index (κ2) is 7.41. The topological polar surface area (TPSA) is 34.1 Å². The molecule has 108 valence electrons. The van der Waals surface area contributed by atoms with Crippen LogP contribution in [0.3, 0.4) is 0 Å². The van der Waals surface area contributed by atoms with E-state index >= 15 is 0 Å². The second-order valence-corrected chi connectivity index (χ2v) is 5.88. The summed E-state index contributed by atoms with van der Waals surface area (Å²) in [7, 11) is 0. The van der Waals surface area contributed by atoms with Crippen LogP contribution < -0.4 is 10.1 Å². The van der Waals surface area contributed by atoms with E-state index in [1.54, 1.807) is 11.3 Å². The molecule has 1 N–H and O–H groups in total. The van der Waals surface area contributed by atoms with Gasteiger partial charge >= 0.3 is 0 Å². The monoisotopic (exact) mass is 290 g/mol. The zero-order valence-corrected chi connectivity index (χ0v) is 13.2. The fourth-order valence-electron chi connectivity index (χ4n) is 2.07. The summed E-state index contributed by atoms with van der Waals surface area (Å²) in [6, 6.07) is 6.30. The van der Waals surface area contributed by atoms with Gasteiger partial charge in [0.25, 0.3) is 0 Å². The van der Waals surface area contributed by atoms with Crippen molar-refractivity contribution in [1.29, 1.82) is 0 Å². The molecule has 0 fully saturated rings. The van der Waals surface area contributed by atoms with E-state index in [4.69, 9.17) is 4.74 Å². The third-order valence-electron chi connectivity index (χ3n) is 2.94. The van der Waals surface area contributed by atoms with Crippen LogP contribution >= 0.6 is 11.3 Å². The maximum Gasteiger partial charge on any atom is 0.119 e. The summed E-state index contributed by atoms with van der Waals surface area (Å²) >= 11 is 1.71. The van der Waals surface area contributed by atoms with Gasteiger partial charge in [-0.15, -0.1) is 11.3 Å². The fourth-order valence-corrected chi connectivity index (χ4v) is 2.85. The maximum atomic E-state index is 5.81. The lowest BCUT2D eigenvalue weighted by Gasteiger charge is -2.07. The van der Waals surface area contributed by atoms with E-state index in [1.807, 2.05) is 0 Å². The first-order chi connectivity index (χ1) is 9.67. The highest BCUT2D eigenvalue weighted by Gasteiger charge is 2.03. The van der Waals surface area contributed by atoms with Crippen molar-refractivity contribution in [3.05, 3.63) is 45.4 Å². The van der Waals surface area contributed by atoms with Crippen molar-refractivity contribution in [3.8, 4) is 5.75 Å². The normalized spacial score (nSPS) is 10.8. The maximum absolute atomic E-state index is 5.81. The van der Waals surface area contributed by atoms with Gasteiger partial charge in [-0.1, -0.05) is 13.0 Å². The SMILES string of the molecule is CCNCc1csc(CCOc2cc(C)cc(C)c2)n1. The van der Waals surface area contributed by atoms with Crippen molar-refractivity contribution in [1.82, 2.24) is 10.3 Å². The van der Waals surface area contributed by atoms with Crippen LogP contribution in [0.5, 0.6) is 5.75 Å². The molecule has 0 saturated heterocycles. The van der Waals surface area contributed by atoms with Crippen LogP contribution in [0.15, 0.2) is 23.6 Å². The van der Waals surface area contributed by atoms with Gasteiger partial charge in [0.1, 0.15) is 5.75 Å². The summed E-state index contributed by atoms with van der Waals surface area (Å²) in [5.74, 6) is 0.951. The largest absolute Gasteiger partial charge is 0.493 e. The van der Waals surface area contributed by atoms with Crippen LogP contribution in [0.4, 0.5) is 0 Å². The van der Waals surface area contributed by atoms with Gasteiger partial charge in [-0.3, -0.25) is 0 Å². The van der Waals surface area contributed by atoms with E-state index in [1.165, 1.54) is 11.1 Å². The zero-order valence-electron chi connectivity index (χ0n) is 12.4. The molecule has 3 nitrogen and oxygen atoms in total. The van der Waals surface area contributed by atoms with Crippen LogP contribution in [0.1, 0.15) is 28.8 Å². The fraction of sp³-hybridized carbons (Fsp3) is 0.438. The lowest BCUT2D eigenvalue weighted by molar-refractivity contribution is 0.321. The summed E-state index contributed by atoms with van der Waals surface area (Å²) < 4.78 is 5.81. The highest BCUT2D eigenvalue weighted by Crippen LogP contribution is 2.17. The van der Waals surface area contributed by atoms with Crippen molar-refractivity contribution in [2.75, 3.05) is 13.2 Å². The Labute approximate surface area is 125 Å². The minimum Gasteiger partial charge on any atom is -0.493 e. The molecule has 1 aromatic heterocycles. The number of hydrogen-bond donors (Lipinski definition) is 1. The zero-order chi connectivity index (χ0) is 14.4. The Morgan fingerprint density at radius 3 is 2.65 bits per heavy atom. The van der Waals surface area contributed by atoms with Gasteiger partial charge in [0.15, 0.2) is 0 Å². The lowest BCUT2D eigenvalue weighted by atomic mass is 10.1. The first-order valence-corrected chi connectivity index (χ1v) is 7.90. The molecule has 1 heterocycles. The molecule has 2 rings (SSSR count). The standard InChI is InChI=1S/C16H22N2OS/c1-4-17-10-14-11-20-16(18-14)5-6-19-15-8-12(2)7-13(3)9-15/h7-9,11,17H,4-6,10H2,1-3H3. The first kappa shape index (κ1) is 15.0. The van der Waals surface area contributed by atoms with Crippen molar-refractivity contribution < 1.29 is 4.74 Å². The van der Waals surface area contributed by atoms with Gasteiger partial charge in [0.05, 0.1) is 17.3 Å². The Morgan fingerprint density at radius 1 is 1.20 bits per heavy atom. The molecular formula is C16H22N2OS. The molecule has 0 saturated carbocycles. The van der Waals surface area contributed by atoms with Crippen LogP contribution in [0, 0.1) is 13.8 Å². The molecule has 4 heteroatoms. The van der Waals surface area contributed by atoms with E-state index in [0.29, 0.717) is 6.61 Å². The van der Waals surface area contributed by atoms with Gasteiger partial charge in [0.2, 0.25) is 0 Å². The van der Waals surface area contributed by atoms with Crippen LogP contribution in [-0.4, -0.2) is 18.1 Å². The van der Waals surface area contributed by atoms with Gasteiger partial charge in [-0.2, -0.15) is 0 Å². The average Bonchev–Trinajstić information content (AvgIpc) is 2.83. The number of rotatable bonds is 7. The van der Waals surface area contributed by atoms with Crippen molar-refractivity contribution in [2.24, 2.45) is 0 Å². The summed E-state index contributed by atoms with van der Waals surface area (Å²) in [5, 5.41) is 6.55. The Morgan fingerprint density at radius 2 is 1.95 bits per heavy atom. The van der Waals surface area contributed by atoms with Crippen LogP contribution in [-0.2, 0) is 13.0 Å². The molecule has 0 aliphatic rings. The third-order valence-corrected chi connectivity index (χ3v) is 3.89. The van der Waals surface area contributed by atoms with Crippen molar-refractivity contribution in [3.63, 3.8) is 0 Å². The summed E-state index contributed by atoms with van der Waals surface area (Å²) in [6.45, 7) is 8.79. The van der Waals surface area contributed by atoms with Crippen molar-refractivity contribution >= 4 is 11.3 Å². The number of thiazole rings is 1. The Balaban J connectivity index is 1.81. The van der Waals surface area contributed by atoms with E-state index in [9.17, 15) is 0 Å². The molecule has 1 aromatic carbocycles. The summed E-state index contributed by atoms with van der Waals surface area (Å²) in [6.07, 6.45) is 0.865. The Hall–Kier alpha value is -1.39. The van der Waals surface area contributed by atoms with Crippen molar-refractivity contribution in [2.45, 2.75) is 33.7 Å². The highest BCUT2D eigenvalue weighted by atomic mass is 32.1. The predicted octanol–water partition coefficient (Wildman–Crippen LogP) is 3.49. The van der Waals surface area contributed by atoms with Gasteiger partial charge in [0, 0.05) is 18.3 Å². The van der Waals surface area contributed by atoms with Gasteiger partial charge in [-0.25, -0.2) is 4.98 Å². The van der Waals surface area contributed by atoms with E-state index < -0.39 is 0 Å². The molecule has 0 unspecified atom stereocenters. The second-order valence-electron chi connectivity index (χ2n) is 4.93. The Kier molecular flexibility index (Phi) is 5.56. The predicted molar refractivity (Wildman–Crippen MR) is 84.6 cm³/mol. The third kappa shape index (κ3) is 4.62. The molecule has 0 aliphatic heterocycles. The summed E-state index contributed by atoms with van der Waals surface area (Å²) in [4.78, 5) is 4.59. The molecule has 20 heavy (non-hydrogen) atoms. The molecule has 0 radical (unpaired) electrons. The average molecular weight is 290 g/mol. The lowest BCUT2D eigenvalue weighted by Crippen LogP contribution is -2.12. The molecule has 2 aromatic rings. The molecule has 0 atom stereocenters. The number of hydrogen-bond acceptors (Lipinski definition) is 4. The Bertz CT molecular complexity index is 531. The number of aromatic nitrogens is 1. The minimum atomic E-state index is 0.678. The van der Waals surface area contributed by atoms with E-state index in [-0.39, 0.29) is 0 Å². The number of benzene rings is 1. The van der Waals surface area contributed by atoms with Crippen LogP contribution in [0.2, 0.25) is 0 Å². The minimum absolute atomic E-state index is 0.678.